The van der Waals surface area contributed by atoms with E-state index in [-0.39, 0.29) is 5.91 Å². The molecule has 0 radical (unpaired) electrons. The molecule has 0 bridgehead atoms. The van der Waals surface area contributed by atoms with Gasteiger partial charge in [-0.3, -0.25) is 14.1 Å². The fraction of sp³-hybridized carbons (Fsp3) is 0.500. The average molecular weight is 357 g/mol. The van der Waals surface area contributed by atoms with Crippen molar-refractivity contribution in [2.24, 2.45) is 0 Å². The zero-order chi connectivity index (χ0) is 17.2. The lowest BCUT2D eigenvalue weighted by molar-refractivity contribution is 0.0948. The third-order valence-corrected chi connectivity index (χ3v) is 5.72. The molecule has 2 aromatic rings. The second-order valence-corrected chi connectivity index (χ2v) is 7.61. The van der Waals surface area contributed by atoms with Crippen molar-refractivity contribution in [3.63, 3.8) is 0 Å². The van der Waals surface area contributed by atoms with Crippen LogP contribution in [0.5, 0.6) is 0 Å². The number of amides is 1. The van der Waals surface area contributed by atoms with Gasteiger partial charge in [-0.25, -0.2) is 4.98 Å². The van der Waals surface area contributed by atoms with Crippen molar-refractivity contribution in [1.29, 1.82) is 0 Å². The molecule has 1 aliphatic carbocycles. The molecule has 6 nitrogen and oxygen atoms in total. The number of fused-ring (bicyclic) bond motifs is 1. The highest BCUT2D eigenvalue weighted by Crippen LogP contribution is 2.24. The third kappa shape index (κ3) is 3.88. The van der Waals surface area contributed by atoms with Gasteiger partial charge in [-0.15, -0.1) is 0 Å². The highest BCUT2D eigenvalue weighted by atomic mass is 32.2. The molecule has 1 amide bonds. The summed E-state index contributed by atoms with van der Waals surface area (Å²) in [7, 11) is 0. The number of nitrogens with zero attached hydrogens (tertiary/aromatic N) is 3. The molecule has 0 atom stereocenters. The largest absolute Gasteiger partial charge is 0.367 e. The lowest BCUT2D eigenvalue weighted by Crippen LogP contribution is -2.35. The Morgan fingerprint density at radius 3 is 2.72 bits per heavy atom. The van der Waals surface area contributed by atoms with E-state index in [1.807, 2.05) is 30.3 Å². The summed E-state index contributed by atoms with van der Waals surface area (Å²) in [5, 5.41) is 8.36. The molecule has 0 spiro atoms. The molecule has 1 saturated heterocycles. The number of rotatable bonds is 5. The predicted molar refractivity (Wildman–Crippen MR) is 102 cm³/mol. The maximum Gasteiger partial charge on any atom is 0.270 e. The lowest BCUT2D eigenvalue weighted by Gasteiger charge is -2.30. The second kappa shape index (κ2) is 7.17. The molecule has 7 heteroatoms. The summed E-state index contributed by atoms with van der Waals surface area (Å²) in [6, 6.07) is 4.61. The van der Waals surface area contributed by atoms with E-state index in [1.165, 1.54) is 0 Å². The van der Waals surface area contributed by atoms with Crippen LogP contribution in [0.3, 0.4) is 0 Å². The van der Waals surface area contributed by atoms with Gasteiger partial charge < -0.3 is 10.6 Å². The summed E-state index contributed by atoms with van der Waals surface area (Å²) >= 11 is 1.81. The molecule has 0 aromatic carbocycles. The molecular formula is C18H23N5OS. The van der Waals surface area contributed by atoms with Crippen LogP contribution in [-0.4, -0.2) is 51.6 Å². The van der Waals surface area contributed by atoms with Gasteiger partial charge >= 0.3 is 0 Å². The van der Waals surface area contributed by atoms with Crippen LogP contribution in [0.4, 0.5) is 5.82 Å². The van der Waals surface area contributed by atoms with Gasteiger partial charge in [0.05, 0.1) is 0 Å². The summed E-state index contributed by atoms with van der Waals surface area (Å²) in [6.45, 7) is 2.17. The Balaban J connectivity index is 1.53. The minimum atomic E-state index is -0.0847. The number of carbonyl (C=O) groups excluding carboxylic acids is 1. The fourth-order valence-corrected chi connectivity index (χ4v) is 3.77. The standard InChI is InChI=1S/C18H23N5OS/c1-25-23-8-5-14(6-9-23)21-16-10-15-12(11-20-16)4-7-19-17(15)18(24)22-13-2-3-13/h4,7,10-11,13-14H,2-3,5-6,8-9H2,1H3,(H,20,21)(H,22,24). The Morgan fingerprint density at radius 1 is 1.20 bits per heavy atom. The Labute approximate surface area is 151 Å². The number of nitrogens with one attached hydrogen (secondary N) is 2. The van der Waals surface area contributed by atoms with Crippen LogP contribution in [0.2, 0.25) is 0 Å². The van der Waals surface area contributed by atoms with Crippen LogP contribution >= 0.6 is 11.9 Å². The van der Waals surface area contributed by atoms with Gasteiger partial charge in [-0.2, -0.15) is 0 Å². The average Bonchev–Trinajstić information content (AvgIpc) is 3.46. The van der Waals surface area contributed by atoms with Crippen molar-refractivity contribution in [2.75, 3.05) is 24.7 Å². The minimum Gasteiger partial charge on any atom is -0.367 e. The van der Waals surface area contributed by atoms with Crippen molar-refractivity contribution in [2.45, 2.75) is 37.8 Å². The molecule has 4 rings (SSSR count). The van der Waals surface area contributed by atoms with E-state index < -0.39 is 0 Å². The Morgan fingerprint density at radius 2 is 2.00 bits per heavy atom. The van der Waals surface area contributed by atoms with E-state index in [0.29, 0.717) is 17.8 Å². The first kappa shape index (κ1) is 16.6. The maximum absolute atomic E-state index is 12.5. The Bertz CT molecular complexity index is 771. The highest BCUT2D eigenvalue weighted by Gasteiger charge is 2.25. The topological polar surface area (TPSA) is 70.2 Å². The number of pyridine rings is 2. The molecule has 1 aliphatic heterocycles. The molecular weight excluding hydrogens is 334 g/mol. The molecule has 0 unspecified atom stereocenters. The van der Waals surface area contributed by atoms with Gasteiger partial charge in [0.1, 0.15) is 11.5 Å². The van der Waals surface area contributed by atoms with E-state index in [0.717, 1.165) is 55.4 Å². The van der Waals surface area contributed by atoms with Gasteiger partial charge in [-0.05, 0) is 44.1 Å². The maximum atomic E-state index is 12.5. The van der Waals surface area contributed by atoms with Gasteiger partial charge in [0.2, 0.25) is 0 Å². The first-order valence-corrected chi connectivity index (χ1v) is 10.0. The van der Waals surface area contributed by atoms with E-state index in [2.05, 4.69) is 31.2 Å². The van der Waals surface area contributed by atoms with Crippen LogP contribution in [-0.2, 0) is 0 Å². The highest BCUT2D eigenvalue weighted by molar-refractivity contribution is 7.96. The second-order valence-electron chi connectivity index (χ2n) is 6.73. The molecule has 2 aliphatic rings. The SMILES string of the molecule is CSN1CCC(Nc2cc3c(C(=O)NC4CC4)nccc3cn2)CC1. The summed E-state index contributed by atoms with van der Waals surface area (Å²) < 4.78 is 2.39. The number of aromatic nitrogens is 2. The van der Waals surface area contributed by atoms with Gasteiger partial charge in [-0.1, -0.05) is 11.9 Å². The van der Waals surface area contributed by atoms with Crippen molar-refractivity contribution < 1.29 is 4.79 Å². The van der Waals surface area contributed by atoms with Crippen LogP contribution in [0.25, 0.3) is 10.8 Å². The van der Waals surface area contributed by atoms with E-state index in [1.54, 1.807) is 6.20 Å². The molecule has 3 heterocycles. The van der Waals surface area contributed by atoms with E-state index in [9.17, 15) is 4.79 Å². The number of anilines is 1. The van der Waals surface area contributed by atoms with Crippen LogP contribution < -0.4 is 10.6 Å². The van der Waals surface area contributed by atoms with Gasteiger partial charge in [0, 0.05) is 48.3 Å². The summed E-state index contributed by atoms with van der Waals surface area (Å²) in [6.07, 6.45) is 9.96. The third-order valence-electron chi connectivity index (χ3n) is 4.84. The first-order valence-electron chi connectivity index (χ1n) is 8.84. The molecule has 132 valence electrons. The van der Waals surface area contributed by atoms with Gasteiger partial charge in [0.15, 0.2) is 0 Å². The molecule has 2 aromatic heterocycles. The van der Waals surface area contributed by atoms with Crippen molar-refractivity contribution in [3.8, 4) is 0 Å². The van der Waals surface area contributed by atoms with E-state index >= 15 is 0 Å². The zero-order valence-corrected chi connectivity index (χ0v) is 15.2. The Hall–Kier alpha value is -1.86. The van der Waals surface area contributed by atoms with Crippen molar-refractivity contribution in [1.82, 2.24) is 19.6 Å². The minimum absolute atomic E-state index is 0.0847. The summed E-state index contributed by atoms with van der Waals surface area (Å²) in [5.74, 6) is 0.738. The normalized spacial score (nSPS) is 19.1. The molecule has 2 N–H and O–H groups in total. The Kier molecular flexibility index (Phi) is 4.76. The smallest absolute Gasteiger partial charge is 0.270 e. The summed E-state index contributed by atoms with van der Waals surface area (Å²) in [4.78, 5) is 21.3. The number of carbonyl (C=O) groups is 1. The fourth-order valence-electron chi connectivity index (χ4n) is 3.20. The number of piperidine rings is 1. The molecule has 1 saturated carbocycles. The van der Waals surface area contributed by atoms with Crippen LogP contribution in [0.1, 0.15) is 36.2 Å². The van der Waals surface area contributed by atoms with Crippen LogP contribution in [0, 0.1) is 0 Å². The van der Waals surface area contributed by atoms with Crippen LogP contribution in [0.15, 0.2) is 24.5 Å². The van der Waals surface area contributed by atoms with Crippen molar-refractivity contribution >= 4 is 34.4 Å². The van der Waals surface area contributed by atoms with E-state index in [4.69, 9.17) is 0 Å². The number of hydrogen-bond acceptors (Lipinski definition) is 6. The lowest BCUT2D eigenvalue weighted by atomic mass is 10.1. The number of hydrogen-bond donors (Lipinski definition) is 2. The zero-order valence-electron chi connectivity index (χ0n) is 14.4. The molecule has 25 heavy (non-hydrogen) atoms. The molecule has 2 fully saturated rings. The predicted octanol–water partition coefficient (Wildman–Crippen LogP) is 2.68. The van der Waals surface area contributed by atoms with Crippen molar-refractivity contribution in [3.05, 3.63) is 30.2 Å². The van der Waals surface area contributed by atoms with Gasteiger partial charge in [0.25, 0.3) is 5.91 Å². The quantitative estimate of drug-likeness (QED) is 0.802. The first-order chi connectivity index (χ1) is 12.2. The monoisotopic (exact) mass is 357 g/mol. The summed E-state index contributed by atoms with van der Waals surface area (Å²) in [5.41, 5.74) is 0.493.